The third-order valence-electron chi connectivity index (χ3n) is 2.15. The van der Waals surface area contributed by atoms with Crippen molar-refractivity contribution in [1.82, 2.24) is 5.32 Å². The number of hydrogen-bond donors (Lipinski definition) is 2. The molecule has 0 aliphatic rings. The van der Waals surface area contributed by atoms with Gasteiger partial charge in [0.15, 0.2) is 0 Å². The first-order valence-electron chi connectivity index (χ1n) is 5.54. The van der Waals surface area contributed by atoms with Gasteiger partial charge in [-0.05, 0) is 18.2 Å². The van der Waals surface area contributed by atoms with Crippen molar-refractivity contribution in [3.05, 3.63) is 28.7 Å². The topological polar surface area (TPSA) is 73.6 Å². The first kappa shape index (κ1) is 18.2. The molecule has 0 bridgehead atoms. The molecule has 0 heterocycles. The highest BCUT2D eigenvalue weighted by molar-refractivity contribution is 9.10. The smallest absolute Gasteiger partial charge is 0.239 e. The summed E-state index contributed by atoms with van der Waals surface area (Å²) in [5, 5.41) is 2.67. The molecule has 108 valence electrons. The van der Waals surface area contributed by atoms with Gasteiger partial charge in [-0.15, -0.1) is 12.4 Å². The van der Waals surface area contributed by atoms with E-state index in [1.165, 1.54) is 7.11 Å². The molecule has 19 heavy (non-hydrogen) atoms. The van der Waals surface area contributed by atoms with E-state index in [2.05, 4.69) is 21.2 Å². The monoisotopic (exact) mass is 352 g/mol. The number of methoxy groups -OCH3 is 1. The molecule has 7 heteroatoms. The maximum Gasteiger partial charge on any atom is 0.239 e. The van der Waals surface area contributed by atoms with Crippen LogP contribution in [0.2, 0.25) is 0 Å². The summed E-state index contributed by atoms with van der Waals surface area (Å²) in [6.07, 6.45) is 0. The fraction of sp³-hybridized carbons (Fsp3) is 0.417. The number of carbonyl (C=O) groups is 1. The molecule has 0 aliphatic carbocycles. The first-order chi connectivity index (χ1) is 8.63. The van der Waals surface area contributed by atoms with E-state index < -0.39 is 6.04 Å². The number of nitrogens with one attached hydrogen (secondary N) is 1. The molecule has 1 atom stereocenters. The van der Waals surface area contributed by atoms with Crippen LogP contribution in [-0.4, -0.2) is 38.8 Å². The Morgan fingerprint density at radius 3 is 2.89 bits per heavy atom. The molecule has 0 fully saturated rings. The second-order valence-electron chi connectivity index (χ2n) is 3.66. The first-order valence-corrected chi connectivity index (χ1v) is 6.33. The lowest BCUT2D eigenvalue weighted by molar-refractivity contribution is -0.123. The highest BCUT2D eigenvalue weighted by atomic mass is 79.9. The average Bonchev–Trinajstić information content (AvgIpc) is 2.35. The van der Waals surface area contributed by atoms with Crippen molar-refractivity contribution in [3.63, 3.8) is 0 Å². The Morgan fingerprint density at radius 2 is 2.26 bits per heavy atom. The van der Waals surface area contributed by atoms with Crippen LogP contribution in [0.15, 0.2) is 28.7 Å². The van der Waals surface area contributed by atoms with Crippen LogP contribution in [0.3, 0.4) is 0 Å². The summed E-state index contributed by atoms with van der Waals surface area (Å²) >= 11 is 3.35. The largest absolute Gasteiger partial charge is 0.492 e. The Hall–Kier alpha value is -0.820. The molecule has 0 spiro atoms. The predicted octanol–water partition coefficient (Wildman–Crippen LogP) is 1.34. The van der Waals surface area contributed by atoms with Crippen LogP contribution in [0.1, 0.15) is 0 Å². The Labute approximate surface area is 127 Å². The fourth-order valence-electron chi connectivity index (χ4n) is 1.29. The van der Waals surface area contributed by atoms with E-state index in [-0.39, 0.29) is 24.9 Å². The minimum atomic E-state index is -0.638. The number of ether oxygens (including phenoxy) is 2. The number of benzene rings is 1. The molecular weight excluding hydrogens is 336 g/mol. The van der Waals surface area contributed by atoms with Crippen molar-refractivity contribution < 1.29 is 14.3 Å². The minimum absolute atomic E-state index is 0. The summed E-state index contributed by atoms with van der Waals surface area (Å²) in [4.78, 5) is 11.4. The van der Waals surface area contributed by atoms with Crippen molar-refractivity contribution >= 4 is 34.2 Å². The Kier molecular flexibility index (Phi) is 9.59. The Balaban J connectivity index is 0.00000324. The van der Waals surface area contributed by atoms with Gasteiger partial charge in [0.05, 0.1) is 13.2 Å². The van der Waals surface area contributed by atoms with Gasteiger partial charge in [-0.1, -0.05) is 22.0 Å². The van der Waals surface area contributed by atoms with Gasteiger partial charge in [0, 0.05) is 11.6 Å². The predicted molar refractivity (Wildman–Crippen MR) is 79.7 cm³/mol. The Morgan fingerprint density at radius 1 is 1.53 bits per heavy atom. The van der Waals surface area contributed by atoms with E-state index in [1.54, 1.807) is 0 Å². The fourth-order valence-corrected chi connectivity index (χ4v) is 1.66. The number of rotatable bonds is 7. The molecule has 1 aromatic carbocycles. The molecule has 0 aromatic heterocycles. The maximum atomic E-state index is 11.4. The molecule has 1 rings (SSSR count). The molecular formula is C12H18BrClN2O3. The maximum absolute atomic E-state index is 11.4. The highest BCUT2D eigenvalue weighted by Gasteiger charge is 2.11. The summed E-state index contributed by atoms with van der Waals surface area (Å²) in [7, 11) is 1.50. The van der Waals surface area contributed by atoms with Gasteiger partial charge >= 0.3 is 0 Å². The summed E-state index contributed by atoms with van der Waals surface area (Å²) in [6.45, 7) is 1.00. The molecule has 1 amide bonds. The molecule has 0 aliphatic heterocycles. The summed E-state index contributed by atoms with van der Waals surface area (Å²) in [5.41, 5.74) is 5.56. The molecule has 1 aromatic rings. The standard InChI is InChI=1S/C12H17BrN2O3.ClH/c1-17-8-11(14)12(16)15-5-6-18-10-4-2-3-9(13)7-10;/h2-4,7,11H,5-6,8,14H2,1H3,(H,15,16);1H. The van der Waals surface area contributed by atoms with Crippen LogP contribution in [0.25, 0.3) is 0 Å². The van der Waals surface area contributed by atoms with Gasteiger partial charge in [0.25, 0.3) is 0 Å². The van der Waals surface area contributed by atoms with Crippen molar-refractivity contribution in [2.24, 2.45) is 5.73 Å². The molecule has 0 saturated carbocycles. The third kappa shape index (κ3) is 7.37. The van der Waals surface area contributed by atoms with Gasteiger partial charge in [-0.25, -0.2) is 0 Å². The SMILES string of the molecule is COCC(N)C(=O)NCCOc1cccc(Br)c1.Cl. The van der Waals surface area contributed by atoms with Crippen LogP contribution in [0, 0.1) is 0 Å². The number of nitrogens with two attached hydrogens (primary N) is 1. The lowest BCUT2D eigenvalue weighted by Gasteiger charge is -2.11. The van der Waals surface area contributed by atoms with Crippen molar-refractivity contribution in [2.75, 3.05) is 26.9 Å². The van der Waals surface area contributed by atoms with Crippen molar-refractivity contribution in [3.8, 4) is 5.75 Å². The zero-order chi connectivity index (χ0) is 13.4. The van der Waals surface area contributed by atoms with E-state index in [1.807, 2.05) is 24.3 Å². The summed E-state index contributed by atoms with van der Waals surface area (Å²) < 4.78 is 11.2. The zero-order valence-corrected chi connectivity index (χ0v) is 13.0. The number of carbonyl (C=O) groups excluding carboxylic acids is 1. The van der Waals surface area contributed by atoms with E-state index in [9.17, 15) is 4.79 Å². The van der Waals surface area contributed by atoms with Gasteiger partial charge < -0.3 is 20.5 Å². The lowest BCUT2D eigenvalue weighted by Crippen LogP contribution is -2.44. The quantitative estimate of drug-likeness (QED) is 0.726. The zero-order valence-electron chi connectivity index (χ0n) is 10.6. The number of hydrogen-bond acceptors (Lipinski definition) is 4. The molecule has 5 nitrogen and oxygen atoms in total. The second-order valence-corrected chi connectivity index (χ2v) is 4.57. The lowest BCUT2D eigenvalue weighted by atomic mass is 10.3. The van der Waals surface area contributed by atoms with Crippen LogP contribution < -0.4 is 15.8 Å². The van der Waals surface area contributed by atoms with E-state index in [0.29, 0.717) is 13.2 Å². The number of amides is 1. The third-order valence-corrected chi connectivity index (χ3v) is 2.64. The molecule has 0 saturated heterocycles. The average molecular weight is 354 g/mol. The molecule has 3 N–H and O–H groups in total. The van der Waals surface area contributed by atoms with E-state index in [0.717, 1.165) is 10.2 Å². The summed E-state index contributed by atoms with van der Waals surface area (Å²) in [6, 6.07) is 6.87. The van der Waals surface area contributed by atoms with Crippen molar-refractivity contribution in [2.45, 2.75) is 6.04 Å². The van der Waals surface area contributed by atoms with Crippen LogP contribution in [0.4, 0.5) is 0 Å². The summed E-state index contributed by atoms with van der Waals surface area (Å²) in [5.74, 6) is 0.509. The van der Waals surface area contributed by atoms with E-state index >= 15 is 0 Å². The van der Waals surface area contributed by atoms with Gasteiger partial charge in [-0.3, -0.25) is 4.79 Å². The van der Waals surface area contributed by atoms with Crippen LogP contribution in [-0.2, 0) is 9.53 Å². The van der Waals surface area contributed by atoms with Gasteiger partial charge in [0.1, 0.15) is 18.4 Å². The Bertz CT molecular complexity index is 393. The highest BCUT2D eigenvalue weighted by Crippen LogP contribution is 2.17. The molecule has 0 radical (unpaired) electrons. The van der Waals surface area contributed by atoms with Gasteiger partial charge in [0.2, 0.25) is 5.91 Å². The van der Waals surface area contributed by atoms with Crippen LogP contribution >= 0.6 is 28.3 Å². The van der Waals surface area contributed by atoms with E-state index in [4.69, 9.17) is 15.2 Å². The van der Waals surface area contributed by atoms with Gasteiger partial charge in [-0.2, -0.15) is 0 Å². The van der Waals surface area contributed by atoms with Crippen LogP contribution in [0.5, 0.6) is 5.75 Å². The normalized spacial score (nSPS) is 11.3. The minimum Gasteiger partial charge on any atom is -0.492 e. The number of halogens is 2. The second kappa shape index (κ2) is 10.0. The van der Waals surface area contributed by atoms with Crippen molar-refractivity contribution in [1.29, 1.82) is 0 Å². The molecule has 1 unspecified atom stereocenters.